The van der Waals surface area contributed by atoms with Gasteiger partial charge in [0.1, 0.15) is 4.90 Å². The van der Waals surface area contributed by atoms with E-state index >= 15 is 0 Å². The fourth-order valence-corrected chi connectivity index (χ4v) is 6.13. The zero-order valence-corrected chi connectivity index (χ0v) is 18.7. The third kappa shape index (κ3) is 5.25. The van der Waals surface area contributed by atoms with Crippen LogP contribution in [0.4, 0.5) is 0 Å². The van der Waals surface area contributed by atoms with Crippen LogP contribution in [-0.2, 0) is 24.7 Å². The fraction of sp³-hybridized carbons (Fsp3) is 0.611. The van der Waals surface area contributed by atoms with Crippen molar-refractivity contribution in [2.75, 3.05) is 19.3 Å². The van der Waals surface area contributed by atoms with E-state index in [0.29, 0.717) is 19.4 Å². The maximum Gasteiger partial charge on any atom is 0.244 e. The van der Waals surface area contributed by atoms with Gasteiger partial charge in [0.2, 0.25) is 15.9 Å². The van der Waals surface area contributed by atoms with Crippen LogP contribution in [0.2, 0.25) is 5.02 Å². The third-order valence-electron chi connectivity index (χ3n) is 4.94. The van der Waals surface area contributed by atoms with E-state index in [1.54, 1.807) is 6.92 Å². The monoisotopic (exact) mass is 450 g/mol. The second-order valence-corrected chi connectivity index (χ2v) is 11.5. The predicted molar refractivity (Wildman–Crippen MR) is 109 cm³/mol. The molecular formula is C18H27ClN2O5S2. The smallest absolute Gasteiger partial charge is 0.244 e. The Morgan fingerprint density at radius 3 is 2.54 bits per heavy atom. The molecule has 0 bridgehead atoms. The highest BCUT2D eigenvalue weighted by atomic mass is 35.5. The Hall–Kier alpha value is -1.16. The summed E-state index contributed by atoms with van der Waals surface area (Å²) in [4.78, 5) is 12.0. The molecule has 10 heteroatoms. The Kier molecular flexibility index (Phi) is 7.52. The maximum absolute atomic E-state index is 13.2. The van der Waals surface area contributed by atoms with Crippen molar-refractivity contribution in [3.8, 4) is 0 Å². The Labute approximate surface area is 172 Å². The van der Waals surface area contributed by atoms with E-state index in [2.05, 4.69) is 5.32 Å². The van der Waals surface area contributed by atoms with Gasteiger partial charge >= 0.3 is 0 Å². The summed E-state index contributed by atoms with van der Waals surface area (Å²) < 4.78 is 51.4. The number of sulfonamides is 1. The van der Waals surface area contributed by atoms with Gasteiger partial charge in [-0.3, -0.25) is 4.79 Å². The minimum Gasteiger partial charge on any atom is -0.356 e. The number of benzene rings is 1. The van der Waals surface area contributed by atoms with Crippen LogP contribution in [-0.4, -0.2) is 52.4 Å². The first-order chi connectivity index (χ1) is 13.0. The normalized spacial score (nSPS) is 21.4. The molecular weight excluding hydrogens is 424 g/mol. The molecule has 7 nitrogen and oxygen atoms in total. The number of rotatable bonds is 7. The number of carbonyl (C=O) groups excluding carboxylic acids is 1. The Balaban J connectivity index is 2.32. The molecule has 0 saturated carbocycles. The van der Waals surface area contributed by atoms with Gasteiger partial charge in [-0.05, 0) is 44.4 Å². The average molecular weight is 451 g/mol. The standard InChI is InChI=1S/C18H27ClN2O5S2/c1-4-5-10-20-18(22)14-7-6-13(2)21(12-14)28(25,26)17-11-15(27(3,23)24)8-9-16(17)19/h8-9,11,13-14H,4-7,10,12H2,1-3H3,(H,20,22). The van der Waals surface area contributed by atoms with Gasteiger partial charge in [0.15, 0.2) is 9.84 Å². The molecule has 158 valence electrons. The van der Waals surface area contributed by atoms with Gasteiger partial charge in [0.25, 0.3) is 0 Å². The molecule has 2 rings (SSSR count). The number of carbonyl (C=O) groups is 1. The van der Waals surface area contributed by atoms with Crippen LogP contribution >= 0.6 is 11.6 Å². The van der Waals surface area contributed by atoms with Crippen LogP contribution < -0.4 is 5.32 Å². The topological polar surface area (TPSA) is 101 Å². The van der Waals surface area contributed by atoms with Gasteiger partial charge < -0.3 is 5.32 Å². The summed E-state index contributed by atoms with van der Waals surface area (Å²) in [7, 11) is -7.65. The van der Waals surface area contributed by atoms with E-state index in [9.17, 15) is 21.6 Å². The number of hydrogen-bond donors (Lipinski definition) is 1. The first-order valence-electron chi connectivity index (χ1n) is 9.27. The number of halogens is 1. The molecule has 1 aromatic rings. The molecule has 1 aliphatic heterocycles. The molecule has 0 aromatic heterocycles. The highest BCUT2D eigenvalue weighted by Gasteiger charge is 2.38. The van der Waals surface area contributed by atoms with Crippen LogP contribution in [0.25, 0.3) is 0 Å². The van der Waals surface area contributed by atoms with E-state index < -0.39 is 25.8 Å². The molecule has 1 saturated heterocycles. The second kappa shape index (κ2) is 9.11. The summed E-state index contributed by atoms with van der Waals surface area (Å²) in [5.41, 5.74) is 0. The van der Waals surface area contributed by atoms with Crippen molar-refractivity contribution in [1.29, 1.82) is 0 Å². The van der Waals surface area contributed by atoms with Crippen LogP contribution in [0.3, 0.4) is 0 Å². The summed E-state index contributed by atoms with van der Waals surface area (Å²) in [5, 5.41) is 2.81. The number of hydrogen-bond acceptors (Lipinski definition) is 5. The first-order valence-corrected chi connectivity index (χ1v) is 13.0. The van der Waals surface area contributed by atoms with E-state index in [1.165, 1.54) is 16.4 Å². The Morgan fingerprint density at radius 1 is 1.25 bits per heavy atom. The van der Waals surface area contributed by atoms with Crippen molar-refractivity contribution in [3.63, 3.8) is 0 Å². The van der Waals surface area contributed by atoms with Crippen LogP contribution in [0.1, 0.15) is 39.5 Å². The van der Waals surface area contributed by atoms with Gasteiger partial charge in [-0.15, -0.1) is 0 Å². The molecule has 0 spiro atoms. The number of sulfone groups is 1. The van der Waals surface area contributed by atoms with Crippen molar-refractivity contribution < 1.29 is 21.6 Å². The lowest BCUT2D eigenvalue weighted by Crippen LogP contribution is -2.49. The fourth-order valence-electron chi connectivity index (χ4n) is 3.19. The number of nitrogens with zero attached hydrogens (tertiary/aromatic N) is 1. The van der Waals surface area contributed by atoms with Crippen molar-refractivity contribution in [1.82, 2.24) is 9.62 Å². The van der Waals surface area contributed by atoms with Gasteiger partial charge in [-0.2, -0.15) is 4.31 Å². The van der Waals surface area contributed by atoms with E-state index in [0.717, 1.165) is 25.2 Å². The lowest BCUT2D eigenvalue weighted by molar-refractivity contribution is -0.126. The van der Waals surface area contributed by atoms with E-state index in [4.69, 9.17) is 11.6 Å². The summed E-state index contributed by atoms with van der Waals surface area (Å²) >= 11 is 6.10. The van der Waals surface area contributed by atoms with Gasteiger partial charge in [0.05, 0.1) is 15.8 Å². The highest BCUT2D eigenvalue weighted by Crippen LogP contribution is 2.32. The zero-order valence-electron chi connectivity index (χ0n) is 16.3. The van der Waals surface area contributed by atoms with Gasteiger partial charge in [-0.1, -0.05) is 24.9 Å². The second-order valence-electron chi connectivity index (χ2n) is 7.21. The summed E-state index contributed by atoms with van der Waals surface area (Å²) in [5.74, 6) is -0.601. The quantitative estimate of drug-likeness (QED) is 0.643. The molecule has 1 aromatic carbocycles. The maximum atomic E-state index is 13.2. The highest BCUT2D eigenvalue weighted by molar-refractivity contribution is 7.91. The molecule has 28 heavy (non-hydrogen) atoms. The molecule has 0 aliphatic carbocycles. The molecule has 0 radical (unpaired) electrons. The molecule has 1 fully saturated rings. The minimum atomic E-state index is -4.06. The Morgan fingerprint density at radius 2 is 1.93 bits per heavy atom. The van der Waals surface area contributed by atoms with Gasteiger partial charge in [-0.25, -0.2) is 16.8 Å². The van der Waals surface area contributed by atoms with Crippen LogP contribution in [0.15, 0.2) is 28.0 Å². The Bertz CT molecular complexity index is 931. The first kappa shape index (κ1) is 23.1. The molecule has 1 amide bonds. The van der Waals surface area contributed by atoms with E-state index in [-0.39, 0.29) is 33.3 Å². The van der Waals surface area contributed by atoms with Crippen molar-refractivity contribution in [2.45, 2.75) is 55.4 Å². The van der Waals surface area contributed by atoms with Crippen molar-refractivity contribution in [2.24, 2.45) is 5.92 Å². The number of unbranched alkanes of at least 4 members (excludes halogenated alkanes) is 1. The zero-order chi connectivity index (χ0) is 21.1. The molecule has 1 aliphatic rings. The van der Waals surface area contributed by atoms with E-state index in [1.807, 2.05) is 6.92 Å². The molecule has 1 heterocycles. The van der Waals surface area contributed by atoms with Crippen molar-refractivity contribution >= 4 is 37.4 Å². The summed E-state index contributed by atoms with van der Waals surface area (Å²) in [6.45, 7) is 4.41. The van der Waals surface area contributed by atoms with Gasteiger partial charge in [0, 0.05) is 25.4 Å². The lowest BCUT2D eigenvalue weighted by atomic mass is 9.94. The number of piperidine rings is 1. The molecule has 2 unspecified atom stereocenters. The largest absolute Gasteiger partial charge is 0.356 e. The predicted octanol–water partition coefficient (Wildman–Crippen LogP) is 2.45. The minimum absolute atomic E-state index is 0.0425. The summed E-state index contributed by atoms with van der Waals surface area (Å²) in [6, 6.07) is 3.32. The third-order valence-corrected chi connectivity index (χ3v) is 8.51. The van der Waals surface area contributed by atoms with Crippen LogP contribution in [0, 0.1) is 5.92 Å². The average Bonchev–Trinajstić information content (AvgIpc) is 2.61. The van der Waals surface area contributed by atoms with Crippen LogP contribution in [0.5, 0.6) is 0 Å². The molecule has 1 N–H and O–H groups in total. The lowest BCUT2D eigenvalue weighted by Gasteiger charge is -2.36. The number of nitrogens with one attached hydrogen (secondary N) is 1. The summed E-state index contributed by atoms with van der Waals surface area (Å²) in [6.07, 6.45) is 3.96. The molecule has 2 atom stereocenters. The SMILES string of the molecule is CCCCNC(=O)C1CCC(C)N(S(=O)(=O)c2cc(S(C)(=O)=O)ccc2Cl)C1. The number of amides is 1. The van der Waals surface area contributed by atoms with Crippen molar-refractivity contribution in [3.05, 3.63) is 23.2 Å².